The first-order valence-electron chi connectivity index (χ1n) is 9.59. The summed E-state index contributed by atoms with van der Waals surface area (Å²) in [6.45, 7) is 9.11. The van der Waals surface area contributed by atoms with Crippen LogP contribution in [-0.4, -0.2) is 37.2 Å². The summed E-state index contributed by atoms with van der Waals surface area (Å²) in [5, 5.41) is 9.58. The van der Waals surface area contributed by atoms with Gasteiger partial charge in [0.25, 0.3) is 0 Å². The van der Waals surface area contributed by atoms with E-state index in [9.17, 15) is 4.79 Å². The quantitative estimate of drug-likeness (QED) is 0.492. The van der Waals surface area contributed by atoms with Gasteiger partial charge in [-0.15, -0.1) is 0 Å². The molecule has 0 spiro atoms. The third-order valence-corrected chi connectivity index (χ3v) is 4.38. The van der Waals surface area contributed by atoms with Crippen LogP contribution in [-0.2, 0) is 16.1 Å². The van der Waals surface area contributed by atoms with Gasteiger partial charge in [0.1, 0.15) is 0 Å². The summed E-state index contributed by atoms with van der Waals surface area (Å²) in [4.78, 5) is 16.4. The van der Waals surface area contributed by atoms with Gasteiger partial charge in [-0.2, -0.15) is 0 Å². The van der Waals surface area contributed by atoms with Gasteiger partial charge in [0.2, 0.25) is 5.91 Å². The zero-order chi connectivity index (χ0) is 18.8. The van der Waals surface area contributed by atoms with E-state index < -0.39 is 0 Å². The molecule has 144 valence electrons. The van der Waals surface area contributed by atoms with Gasteiger partial charge in [0, 0.05) is 31.8 Å². The van der Waals surface area contributed by atoms with E-state index in [0.29, 0.717) is 13.0 Å². The molecule has 1 heterocycles. The minimum Gasteiger partial charge on any atom is -0.373 e. The van der Waals surface area contributed by atoms with Crippen molar-refractivity contribution in [3.05, 3.63) is 29.8 Å². The van der Waals surface area contributed by atoms with E-state index in [1.165, 1.54) is 0 Å². The van der Waals surface area contributed by atoms with Crippen LogP contribution in [0.15, 0.2) is 29.3 Å². The van der Waals surface area contributed by atoms with Crippen LogP contribution in [0.25, 0.3) is 0 Å². The van der Waals surface area contributed by atoms with Crippen LogP contribution in [0.5, 0.6) is 0 Å². The van der Waals surface area contributed by atoms with E-state index in [-0.39, 0.29) is 11.5 Å². The van der Waals surface area contributed by atoms with Crippen LogP contribution in [0.1, 0.15) is 52.0 Å². The Labute approximate surface area is 156 Å². The molecule has 1 aromatic carbocycles. The maximum Gasteiger partial charge on any atom is 0.224 e. The monoisotopic (exact) mass is 360 g/mol. The molecule has 1 amide bonds. The highest BCUT2D eigenvalue weighted by atomic mass is 16.5. The molecule has 0 aliphatic carbocycles. The molecule has 1 unspecified atom stereocenters. The molecule has 1 aromatic rings. The van der Waals surface area contributed by atoms with Crippen molar-refractivity contribution >= 4 is 17.6 Å². The molecule has 2 rings (SSSR count). The highest BCUT2D eigenvalue weighted by Crippen LogP contribution is 2.23. The zero-order valence-corrected chi connectivity index (χ0v) is 16.2. The molecule has 3 N–H and O–H groups in total. The summed E-state index contributed by atoms with van der Waals surface area (Å²) in [6.07, 6.45) is 3.56. The second-order valence-electron chi connectivity index (χ2n) is 6.95. The number of aliphatic imine (C=N–C) groups is 1. The van der Waals surface area contributed by atoms with Crippen LogP contribution in [0.3, 0.4) is 0 Å². The molecular formula is C20H32N4O2. The lowest BCUT2D eigenvalue weighted by molar-refractivity contribution is -0.116. The number of carbonyl (C=O) groups is 1. The first-order chi connectivity index (χ1) is 12.5. The smallest absolute Gasteiger partial charge is 0.224 e. The summed E-state index contributed by atoms with van der Waals surface area (Å²) in [5.41, 5.74) is 1.76. The normalized spacial score (nSPS) is 20.0. The first kappa shape index (κ1) is 20.2. The summed E-state index contributed by atoms with van der Waals surface area (Å²) >= 11 is 0. The molecule has 1 saturated heterocycles. The van der Waals surface area contributed by atoms with Gasteiger partial charge >= 0.3 is 0 Å². The Morgan fingerprint density at radius 2 is 2.15 bits per heavy atom. The van der Waals surface area contributed by atoms with Crippen LogP contribution in [0.2, 0.25) is 0 Å². The van der Waals surface area contributed by atoms with Gasteiger partial charge in [-0.05, 0) is 50.8 Å². The molecule has 0 bridgehead atoms. The average molecular weight is 361 g/mol. The predicted octanol–water partition coefficient (Wildman–Crippen LogP) is 3.05. The number of hydrogen-bond donors (Lipinski definition) is 3. The van der Waals surface area contributed by atoms with Gasteiger partial charge in [-0.3, -0.25) is 4.79 Å². The summed E-state index contributed by atoms with van der Waals surface area (Å²) < 4.78 is 5.82. The molecule has 0 aromatic heterocycles. The van der Waals surface area contributed by atoms with Crippen molar-refractivity contribution in [1.29, 1.82) is 0 Å². The zero-order valence-electron chi connectivity index (χ0n) is 16.2. The SMILES string of the molecule is CCCC(=O)Nc1cccc(CN=C(NCC)NCC2(C)CCCO2)c1. The maximum atomic E-state index is 11.7. The van der Waals surface area contributed by atoms with E-state index in [4.69, 9.17) is 4.74 Å². The number of ether oxygens (including phenoxy) is 1. The lowest BCUT2D eigenvalue weighted by Crippen LogP contribution is -2.45. The molecule has 6 heteroatoms. The molecule has 1 aliphatic heterocycles. The molecule has 1 aliphatic rings. The third-order valence-electron chi connectivity index (χ3n) is 4.38. The molecule has 26 heavy (non-hydrogen) atoms. The fourth-order valence-corrected chi connectivity index (χ4v) is 2.96. The topological polar surface area (TPSA) is 74.8 Å². The van der Waals surface area contributed by atoms with Gasteiger partial charge in [-0.1, -0.05) is 19.1 Å². The molecular weight excluding hydrogens is 328 g/mol. The number of nitrogens with zero attached hydrogens (tertiary/aromatic N) is 1. The fraction of sp³-hybridized carbons (Fsp3) is 0.600. The molecule has 0 saturated carbocycles. The predicted molar refractivity (Wildman–Crippen MR) is 106 cm³/mol. The Hall–Kier alpha value is -2.08. The summed E-state index contributed by atoms with van der Waals surface area (Å²) in [6, 6.07) is 7.84. The number of rotatable bonds is 8. The van der Waals surface area contributed by atoms with Gasteiger partial charge < -0.3 is 20.7 Å². The Morgan fingerprint density at radius 1 is 1.31 bits per heavy atom. The van der Waals surface area contributed by atoms with Crippen molar-refractivity contribution in [2.24, 2.45) is 4.99 Å². The highest BCUT2D eigenvalue weighted by Gasteiger charge is 2.29. The van der Waals surface area contributed by atoms with Gasteiger partial charge in [0.05, 0.1) is 12.1 Å². The highest BCUT2D eigenvalue weighted by molar-refractivity contribution is 5.90. The number of benzene rings is 1. The van der Waals surface area contributed by atoms with Crippen LogP contribution >= 0.6 is 0 Å². The van der Waals surface area contributed by atoms with Crippen LogP contribution in [0, 0.1) is 0 Å². The maximum absolute atomic E-state index is 11.7. The minimum absolute atomic E-state index is 0.0490. The Bertz CT molecular complexity index is 610. The Kier molecular flexibility index (Phi) is 7.91. The van der Waals surface area contributed by atoms with Crippen molar-refractivity contribution < 1.29 is 9.53 Å². The number of hydrogen-bond acceptors (Lipinski definition) is 3. The Balaban J connectivity index is 1.94. The Morgan fingerprint density at radius 3 is 2.85 bits per heavy atom. The van der Waals surface area contributed by atoms with Gasteiger partial charge in [0.15, 0.2) is 5.96 Å². The van der Waals surface area contributed by atoms with Crippen molar-refractivity contribution in [3.63, 3.8) is 0 Å². The van der Waals surface area contributed by atoms with E-state index in [1.54, 1.807) is 0 Å². The summed E-state index contributed by atoms with van der Waals surface area (Å²) in [7, 11) is 0. The van der Waals surface area contributed by atoms with E-state index in [0.717, 1.165) is 56.2 Å². The molecule has 1 atom stereocenters. The van der Waals surface area contributed by atoms with Crippen LogP contribution < -0.4 is 16.0 Å². The second kappa shape index (κ2) is 10.2. The molecule has 6 nitrogen and oxygen atoms in total. The van der Waals surface area contributed by atoms with Crippen molar-refractivity contribution in [1.82, 2.24) is 10.6 Å². The second-order valence-corrected chi connectivity index (χ2v) is 6.95. The third kappa shape index (κ3) is 6.67. The fourth-order valence-electron chi connectivity index (χ4n) is 2.96. The van der Waals surface area contributed by atoms with Crippen molar-refractivity contribution in [2.45, 2.75) is 58.6 Å². The largest absolute Gasteiger partial charge is 0.373 e. The van der Waals surface area contributed by atoms with E-state index >= 15 is 0 Å². The number of amides is 1. The lowest BCUT2D eigenvalue weighted by atomic mass is 10.0. The number of carbonyl (C=O) groups excluding carboxylic acids is 1. The first-order valence-corrected chi connectivity index (χ1v) is 9.59. The average Bonchev–Trinajstić information content (AvgIpc) is 3.05. The molecule has 0 radical (unpaired) electrons. The van der Waals surface area contributed by atoms with Crippen LogP contribution in [0.4, 0.5) is 5.69 Å². The number of nitrogens with one attached hydrogen (secondary N) is 3. The standard InChI is InChI=1S/C20H32N4O2/c1-4-8-18(25)24-17-10-6-9-16(13-17)14-22-19(21-5-2)23-15-20(3)11-7-12-26-20/h6,9-10,13H,4-5,7-8,11-12,14-15H2,1-3H3,(H,24,25)(H2,21,22,23). The van der Waals surface area contributed by atoms with E-state index in [2.05, 4.69) is 34.8 Å². The van der Waals surface area contributed by atoms with Crippen molar-refractivity contribution in [3.8, 4) is 0 Å². The summed E-state index contributed by atoms with van der Waals surface area (Å²) in [5.74, 6) is 0.831. The number of anilines is 1. The van der Waals surface area contributed by atoms with Crippen molar-refractivity contribution in [2.75, 3.05) is 25.0 Å². The molecule has 1 fully saturated rings. The number of guanidine groups is 1. The van der Waals surface area contributed by atoms with Gasteiger partial charge in [-0.25, -0.2) is 4.99 Å². The lowest BCUT2D eigenvalue weighted by Gasteiger charge is -2.24. The van der Waals surface area contributed by atoms with E-state index in [1.807, 2.05) is 31.2 Å². The minimum atomic E-state index is -0.111.